The van der Waals surface area contributed by atoms with Crippen LogP contribution in [0.5, 0.6) is 17.2 Å². The highest BCUT2D eigenvalue weighted by atomic mass is 32.2. The molecule has 0 atom stereocenters. The van der Waals surface area contributed by atoms with E-state index >= 15 is 0 Å². The molecule has 0 aliphatic carbocycles. The van der Waals surface area contributed by atoms with E-state index in [9.17, 15) is 4.79 Å². The highest BCUT2D eigenvalue weighted by Gasteiger charge is 2.32. The number of methoxy groups -OCH3 is 2. The number of thioether (sulfide) groups is 1. The van der Waals surface area contributed by atoms with Gasteiger partial charge in [-0.2, -0.15) is 5.10 Å². The van der Waals surface area contributed by atoms with Crippen molar-refractivity contribution in [1.82, 2.24) is 14.7 Å². The monoisotopic (exact) mass is 627 g/mol. The number of thiocarbonyl (C=S) groups is 1. The summed E-state index contributed by atoms with van der Waals surface area (Å²) in [5, 5.41) is 4.93. The van der Waals surface area contributed by atoms with E-state index in [1.165, 1.54) is 31.0 Å². The number of benzene rings is 3. The number of carbonyl (C=O) groups excluding carboxylic acids is 1. The first-order valence-electron chi connectivity index (χ1n) is 14.8. The predicted octanol–water partition coefficient (Wildman–Crippen LogP) is 7.96. The Morgan fingerprint density at radius 1 is 0.932 bits per heavy atom. The molecular formula is C35H37N3O4S2. The van der Waals surface area contributed by atoms with Crippen molar-refractivity contribution in [2.24, 2.45) is 0 Å². The zero-order chi connectivity index (χ0) is 30.9. The summed E-state index contributed by atoms with van der Waals surface area (Å²) in [5.41, 5.74) is 4.51. The van der Waals surface area contributed by atoms with Gasteiger partial charge in [-0.3, -0.25) is 9.69 Å². The average Bonchev–Trinajstić information content (AvgIpc) is 3.60. The first kappa shape index (κ1) is 31.3. The molecular weight excluding hydrogens is 591 g/mol. The third-order valence-electron chi connectivity index (χ3n) is 7.39. The summed E-state index contributed by atoms with van der Waals surface area (Å²) in [6.45, 7) is 3.38. The van der Waals surface area contributed by atoms with Crippen LogP contribution in [-0.4, -0.2) is 52.3 Å². The molecule has 7 nitrogen and oxygen atoms in total. The first-order valence-corrected chi connectivity index (χ1v) is 16.1. The summed E-state index contributed by atoms with van der Waals surface area (Å²) in [6, 6.07) is 23.7. The van der Waals surface area contributed by atoms with E-state index in [1.54, 1.807) is 19.1 Å². The van der Waals surface area contributed by atoms with Gasteiger partial charge in [0.2, 0.25) is 0 Å². The van der Waals surface area contributed by atoms with E-state index in [4.69, 9.17) is 31.5 Å². The first-order chi connectivity index (χ1) is 21.5. The van der Waals surface area contributed by atoms with Gasteiger partial charge in [0.1, 0.15) is 10.1 Å². The van der Waals surface area contributed by atoms with Crippen LogP contribution in [0.2, 0.25) is 0 Å². The van der Waals surface area contributed by atoms with Crippen molar-refractivity contribution >= 4 is 40.3 Å². The molecule has 1 aliphatic heterocycles. The highest BCUT2D eigenvalue weighted by Crippen LogP contribution is 2.36. The Balaban J connectivity index is 1.36. The van der Waals surface area contributed by atoms with Gasteiger partial charge < -0.3 is 14.2 Å². The molecule has 4 aromatic rings. The lowest BCUT2D eigenvalue weighted by Crippen LogP contribution is -2.30. The van der Waals surface area contributed by atoms with Gasteiger partial charge in [0, 0.05) is 23.9 Å². The molecule has 0 unspecified atom stereocenters. The number of hydrogen-bond acceptors (Lipinski definition) is 7. The Hall–Kier alpha value is -4.08. The van der Waals surface area contributed by atoms with Gasteiger partial charge >= 0.3 is 0 Å². The van der Waals surface area contributed by atoms with Crippen molar-refractivity contribution in [1.29, 1.82) is 0 Å². The molecule has 1 saturated heterocycles. The third kappa shape index (κ3) is 7.52. The molecule has 9 heteroatoms. The standard InChI is InChI=1S/C35H37N3O4S2/c1-4-5-6-10-21-42-29-16-14-26(15-17-29)33-27(24-38(36-33)28-11-8-7-9-12-28)23-32-34(39)37(35(43)44-32)20-19-25-13-18-30(40-2)31(22-25)41-3/h7-9,11-18,22-24H,4-6,10,19-21H2,1-3H3. The Kier molecular flexibility index (Phi) is 10.7. The smallest absolute Gasteiger partial charge is 0.266 e. The fourth-order valence-corrected chi connectivity index (χ4v) is 6.27. The Morgan fingerprint density at radius 3 is 2.43 bits per heavy atom. The maximum absolute atomic E-state index is 13.6. The molecule has 3 aromatic carbocycles. The minimum atomic E-state index is -0.106. The number of hydrogen-bond donors (Lipinski definition) is 0. The molecule has 0 radical (unpaired) electrons. The lowest BCUT2D eigenvalue weighted by molar-refractivity contribution is -0.122. The van der Waals surface area contributed by atoms with E-state index in [0.717, 1.165) is 40.2 Å². The molecule has 0 saturated carbocycles. The van der Waals surface area contributed by atoms with E-state index in [2.05, 4.69) is 6.92 Å². The number of amides is 1. The van der Waals surface area contributed by atoms with Gasteiger partial charge in [-0.15, -0.1) is 0 Å². The van der Waals surface area contributed by atoms with Crippen LogP contribution >= 0.6 is 24.0 Å². The van der Waals surface area contributed by atoms with Gasteiger partial charge in [0.25, 0.3) is 5.91 Å². The summed E-state index contributed by atoms with van der Waals surface area (Å²) in [7, 11) is 3.22. The van der Waals surface area contributed by atoms with Crippen molar-refractivity contribution in [3.05, 3.63) is 95.0 Å². The van der Waals surface area contributed by atoms with Crippen molar-refractivity contribution < 1.29 is 19.0 Å². The van der Waals surface area contributed by atoms with Gasteiger partial charge in [-0.1, -0.05) is 74.4 Å². The second-order valence-corrected chi connectivity index (χ2v) is 12.1. The number of unbranched alkanes of at least 4 members (excludes halogenated alkanes) is 3. The van der Waals surface area contributed by atoms with E-state index < -0.39 is 0 Å². The molecule has 1 aromatic heterocycles. The van der Waals surface area contributed by atoms with Gasteiger partial charge in [-0.25, -0.2) is 4.68 Å². The summed E-state index contributed by atoms with van der Waals surface area (Å²) < 4.78 is 19.1. The van der Waals surface area contributed by atoms with Crippen molar-refractivity contribution in [2.45, 2.75) is 39.0 Å². The number of ether oxygens (including phenoxy) is 3. The second-order valence-electron chi connectivity index (χ2n) is 10.4. The quantitative estimate of drug-likeness (QED) is 0.0798. The molecule has 1 fully saturated rings. The van der Waals surface area contributed by atoms with E-state index in [-0.39, 0.29) is 5.91 Å². The number of carbonyl (C=O) groups is 1. The molecule has 2 heterocycles. The lowest BCUT2D eigenvalue weighted by Gasteiger charge is -2.15. The molecule has 228 valence electrons. The van der Waals surface area contributed by atoms with Crippen LogP contribution in [0.25, 0.3) is 23.0 Å². The van der Waals surface area contributed by atoms with Crippen LogP contribution in [0.1, 0.15) is 43.7 Å². The number of para-hydroxylation sites is 1. The molecule has 5 rings (SSSR count). The van der Waals surface area contributed by atoms with Crippen molar-refractivity contribution in [3.63, 3.8) is 0 Å². The summed E-state index contributed by atoms with van der Waals surface area (Å²) >= 11 is 6.96. The summed E-state index contributed by atoms with van der Waals surface area (Å²) in [6.07, 6.45) is 9.14. The van der Waals surface area contributed by atoms with Crippen molar-refractivity contribution in [2.75, 3.05) is 27.4 Å². The molecule has 0 N–H and O–H groups in total. The molecule has 0 bridgehead atoms. The Labute approximate surface area is 268 Å². The van der Waals surface area contributed by atoms with Crippen LogP contribution in [0.3, 0.4) is 0 Å². The molecule has 44 heavy (non-hydrogen) atoms. The Morgan fingerprint density at radius 2 is 1.70 bits per heavy atom. The zero-order valence-corrected chi connectivity index (χ0v) is 27.0. The van der Waals surface area contributed by atoms with Crippen LogP contribution in [-0.2, 0) is 11.2 Å². The van der Waals surface area contributed by atoms with Gasteiger partial charge in [0.05, 0.1) is 37.1 Å². The normalized spacial score (nSPS) is 14.0. The number of nitrogens with zero attached hydrogens (tertiary/aromatic N) is 3. The van der Waals surface area contributed by atoms with E-state index in [0.29, 0.717) is 40.3 Å². The maximum atomic E-state index is 13.6. The topological polar surface area (TPSA) is 65.8 Å². The van der Waals surface area contributed by atoms with Crippen LogP contribution in [0.15, 0.2) is 83.9 Å². The second kappa shape index (κ2) is 15.1. The van der Waals surface area contributed by atoms with Gasteiger partial charge in [0.15, 0.2) is 11.5 Å². The zero-order valence-electron chi connectivity index (χ0n) is 25.3. The number of aromatic nitrogens is 2. The Bertz CT molecular complexity index is 1620. The maximum Gasteiger partial charge on any atom is 0.266 e. The highest BCUT2D eigenvalue weighted by molar-refractivity contribution is 8.26. The van der Waals surface area contributed by atoms with Gasteiger partial charge in [-0.05, 0) is 73.0 Å². The van der Waals surface area contributed by atoms with E-state index in [1.807, 2.05) is 89.8 Å². The molecule has 1 amide bonds. The predicted molar refractivity (Wildman–Crippen MR) is 182 cm³/mol. The SMILES string of the molecule is CCCCCCOc1ccc(-c2nn(-c3ccccc3)cc2C=C2SC(=S)N(CCc3ccc(OC)c(OC)c3)C2=O)cc1. The fourth-order valence-electron chi connectivity index (χ4n) is 4.97. The molecule has 1 aliphatic rings. The summed E-state index contributed by atoms with van der Waals surface area (Å²) in [4.78, 5) is 15.8. The fraction of sp³-hybridized carbons (Fsp3) is 0.286. The molecule has 0 spiro atoms. The average molecular weight is 628 g/mol. The minimum absolute atomic E-state index is 0.106. The largest absolute Gasteiger partial charge is 0.494 e. The van der Waals surface area contributed by atoms with Crippen LogP contribution in [0.4, 0.5) is 0 Å². The van der Waals surface area contributed by atoms with Crippen LogP contribution in [0, 0.1) is 0 Å². The number of rotatable bonds is 14. The summed E-state index contributed by atoms with van der Waals surface area (Å²) in [5.74, 6) is 2.06. The van der Waals surface area contributed by atoms with Crippen molar-refractivity contribution in [3.8, 4) is 34.2 Å². The van der Waals surface area contributed by atoms with Crippen LogP contribution < -0.4 is 14.2 Å². The lowest BCUT2D eigenvalue weighted by atomic mass is 10.1. The third-order valence-corrected chi connectivity index (χ3v) is 8.77. The minimum Gasteiger partial charge on any atom is -0.494 e.